The smallest absolute Gasteiger partial charge is 0.210 e. The molecule has 2 aromatic rings. The zero-order chi connectivity index (χ0) is 9.54. The van der Waals surface area contributed by atoms with Crippen LogP contribution in [0.25, 0.3) is 5.13 Å². The lowest BCUT2D eigenvalue weighted by Gasteiger charge is -1.94. The van der Waals surface area contributed by atoms with Gasteiger partial charge in [0, 0.05) is 30.2 Å². The Morgan fingerprint density at radius 3 is 3.14 bits per heavy atom. The average molecular weight is 206 g/mol. The van der Waals surface area contributed by atoms with E-state index in [1.54, 1.807) is 11.3 Å². The van der Waals surface area contributed by atoms with Gasteiger partial charge in [-0.05, 0) is 6.92 Å². The van der Waals surface area contributed by atoms with Crippen molar-refractivity contribution in [1.82, 2.24) is 20.1 Å². The van der Waals surface area contributed by atoms with E-state index in [4.69, 9.17) is 0 Å². The summed E-state index contributed by atoms with van der Waals surface area (Å²) in [5, 5.41) is 10.7. The molecule has 1 aliphatic heterocycles. The van der Waals surface area contributed by atoms with Crippen molar-refractivity contribution in [3.8, 4) is 5.13 Å². The fraction of sp³-hybridized carbons (Fsp3) is 0.333. The van der Waals surface area contributed by atoms with Crippen LogP contribution >= 0.6 is 11.3 Å². The van der Waals surface area contributed by atoms with Crippen molar-refractivity contribution in [2.45, 2.75) is 20.0 Å². The Labute approximate surface area is 85.6 Å². The summed E-state index contributed by atoms with van der Waals surface area (Å²) in [6, 6.07) is 0. The van der Waals surface area contributed by atoms with Gasteiger partial charge in [0.2, 0.25) is 5.13 Å². The molecule has 0 saturated carbocycles. The van der Waals surface area contributed by atoms with Crippen molar-refractivity contribution in [3.05, 3.63) is 28.5 Å². The normalized spacial score (nSPS) is 14.6. The third-order valence-electron chi connectivity index (χ3n) is 2.29. The molecule has 0 saturated heterocycles. The molecule has 5 heteroatoms. The second-order valence-electron chi connectivity index (χ2n) is 3.42. The highest BCUT2D eigenvalue weighted by molar-refractivity contribution is 7.12. The molecule has 2 aromatic heterocycles. The predicted molar refractivity (Wildman–Crippen MR) is 54.5 cm³/mol. The molecule has 1 aliphatic rings. The molecule has 0 unspecified atom stereocenters. The Bertz CT molecular complexity index is 449. The minimum absolute atomic E-state index is 0.882. The van der Waals surface area contributed by atoms with Gasteiger partial charge in [-0.25, -0.2) is 9.67 Å². The van der Waals surface area contributed by atoms with Gasteiger partial charge in [-0.15, -0.1) is 11.3 Å². The molecule has 3 heterocycles. The van der Waals surface area contributed by atoms with Gasteiger partial charge in [0.15, 0.2) is 0 Å². The molecule has 0 bridgehead atoms. The van der Waals surface area contributed by atoms with Crippen LogP contribution in [0.1, 0.15) is 17.0 Å². The first kappa shape index (κ1) is 8.14. The van der Waals surface area contributed by atoms with Crippen LogP contribution < -0.4 is 5.32 Å². The summed E-state index contributed by atoms with van der Waals surface area (Å²) >= 11 is 1.63. The Morgan fingerprint density at radius 1 is 1.50 bits per heavy atom. The fourth-order valence-electron chi connectivity index (χ4n) is 1.60. The monoisotopic (exact) mass is 206 g/mol. The van der Waals surface area contributed by atoms with Crippen LogP contribution in [0.3, 0.4) is 0 Å². The molecule has 3 rings (SSSR count). The van der Waals surface area contributed by atoms with E-state index in [-0.39, 0.29) is 0 Å². The maximum Gasteiger partial charge on any atom is 0.210 e. The molecular weight excluding hydrogens is 196 g/mol. The van der Waals surface area contributed by atoms with E-state index in [1.807, 2.05) is 17.0 Å². The Kier molecular flexibility index (Phi) is 1.68. The fourth-order valence-corrected chi connectivity index (χ4v) is 2.33. The number of aromatic nitrogens is 3. The Hall–Kier alpha value is -1.20. The van der Waals surface area contributed by atoms with Crippen LogP contribution in [0.4, 0.5) is 0 Å². The second-order valence-corrected chi connectivity index (χ2v) is 4.26. The number of rotatable bonds is 1. The number of thiazole rings is 1. The van der Waals surface area contributed by atoms with Gasteiger partial charge in [-0.3, -0.25) is 0 Å². The summed E-state index contributed by atoms with van der Waals surface area (Å²) in [5.74, 6) is 0. The molecule has 0 amide bonds. The van der Waals surface area contributed by atoms with Crippen LogP contribution in [0, 0.1) is 6.92 Å². The second kappa shape index (κ2) is 2.90. The van der Waals surface area contributed by atoms with Gasteiger partial charge in [0.1, 0.15) is 0 Å². The van der Waals surface area contributed by atoms with Crippen molar-refractivity contribution in [2.75, 3.05) is 0 Å². The molecule has 0 aliphatic carbocycles. The van der Waals surface area contributed by atoms with Gasteiger partial charge in [0.25, 0.3) is 0 Å². The van der Waals surface area contributed by atoms with Gasteiger partial charge in [0.05, 0.1) is 11.4 Å². The summed E-state index contributed by atoms with van der Waals surface area (Å²) in [5.41, 5.74) is 3.49. The maximum absolute atomic E-state index is 4.48. The van der Waals surface area contributed by atoms with Crippen molar-refractivity contribution < 1.29 is 0 Å². The standard InChI is InChI=1S/C9H10N4S/c1-6-5-14-9(11-6)13-4-7-2-10-3-8(7)12-13/h4-5,10H,2-3H2,1H3. The minimum atomic E-state index is 0.882. The molecule has 72 valence electrons. The number of nitrogens with zero attached hydrogens (tertiary/aromatic N) is 3. The summed E-state index contributed by atoms with van der Waals surface area (Å²) < 4.78 is 1.88. The number of hydrogen-bond donors (Lipinski definition) is 1. The van der Waals surface area contributed by atoms with E-state index in [2.05, 4.69) is 21.6 Å². The van der Waals surface area contributed by atoms with Crippen LogP contribution in [-0.4, -0.2) is 14.8 Å². The largest absolute Gasteiger partial charge is 0.307 e. The van der Waals surface area contributed by atoms with E-state index in [9.17, 15) is 0 Å². The van der Waals surface area contributed by atoms with Gasteiger partial charge < -0.3 is 5.32 Å². The van der Waals surface area contributed by atoms with Crippen LogP contribution in [0.5, 0.6) is 0 Å². The van der Waals surface area contributed by atoms with E-state index in [0.29, 0.717) is 0 Å². The molecule has 0 radical (unpaired) electrons. The van der Waals surface area contributed by atoms with Crippen LogP contribution in [0.15, 0.2) is 11.6 Å². The van der Waals surface area contributed by atoms with Crippen molar-refractivity contribution in [2.24, 2.45) is 0 Å². The SMILES string of the molecule is Cc1csc(-n2cc3c(n2)CNC3)n1. The van der Waals surface area contributed by atoms with Crippen LogP contribution in [0.2, 0.25) is 0 Å². The van der Waals surface area contributed by atoms with Gasteiger partial charge in [-0.1, -0.05) is 0 Å². The first-order chi connectivity index (χ1) is 6.83. The molecule has 0 spiro atoms. The summed E-state index contributed by atoms with van der Waals surface area (Å²) in [4.78, 5) is 4.39. The summed E-state index contributed by atoms with van der Waals surface area (Å²) in [6.45, 7) is 3.81. The first-order valence-corrected chi connectivity index (χ1v) is 5.41. The highest BCUT2D eigenvalue weighted by atomic mass is 32.1. The number of aryl methyl sites for hydroxylation is 1. The molecule has 0 aromatic carbocycles. The lowest BCUT2D eigenvalue weighted by molar-refractivity contribution is 0.719. The third-order valence-corrected chi connectivity index (χ3v) is 3.24. The van der Waals surface area contributed by atoms with Gasteiger partial charge >= 0.3 is 0 Å². The van der Waals surface area contributed by atoms with Crippen molar-refractivity contribution >= 4 is 11.3 Å². The molecular formula is C9H10N4S. The van der Waals surface area contributed by atoms with E-state index < -0.39 is 0 Å². The number of fused-ring (bicyclic) bond motifs is 1. The van der Waals surface area contributed by atoms with Gasteiger partial charge in [-0.2, -0.15) is 5.10 Å². The number of hydrogen-bond acceptors (Lipinski definition) is 4. The topological polar surface area (TPSA) is 42.7 Å². The van der Waals surface area contributed by atoms with E-state index in [0.717, 1.165) is 29.6 Å². The summed E-state index contributed by atoms with van der Waals surface area (Å²) in [7, 11) is 0. The minimum Gasteiger partial charge on any atom is -0.307 e. The van der Waals surface area contributed by atoms with Crippen molar-refractivity contribution in [3.63, 3.8) is 0 Å². The molecule has 4 nitrogen and oxygen atoms in total. The molecule has 1 N–H and O–H groups in total. The molecule has 0 atom stereocenters. The van der Waals surface area contributed by atoms with E-state index in [1.165, 1.54) is 5.56 Å². The lowest BCUT2D eigenvalue weighted by Crippen LogP contribution is -2.04. The molecule has 0 fully saturated rings. The highest BCUT2D eigenvalue weighted by Crippen LogP contribution is 2.18. The van der Waals surface area contributed by atoms with Crippen molar-refractivity contribution in [1.29, 1.82) is 0 Å². The Morgan fingerprint density at radius 2 is 2.43 bits per heavy atom. The predicted octanol–water partition coefficient (Wildman–Crippen LogP) is 1.24. The quantitative estimate of drug-likeness (QED) is 0.763. The zero-order valence-electron chi connectivity index (χ0n) is 7.82. The zero-order valence-corrected chi connectivity index (χ0v) is 8.64. The number of nitrogens with one attached hydrogen (secondary N) is 1. The van der Waals surface area contributed by atoms with E-state index >= 15 is 0 Å². The first-order valence-electron chi connectivity index (χ1n) is 4.53. The Balaban J connectivity index is 2.05. The third kappa shape index (κ3) is 1.17. The highest BCUT2D eigenvalue weighted by Gasteiger charge is 2.15. The summed E-state index contributed by atoms with van der Waals surface area (Å²) in [6.07, 6.45) is 2.06. The average Bonchev–Trinajstić information content (AvgIpc) is 2.75. The van der Waals surface area contributed by atoms with Crippen LogP contribution in [-0.2, 0) is 13.1 Å². The lowest BCUT2D eigenvalue weighted by atomic mass is 10.3. The maximum atomic E-state index is 4.48. The molecule has 14 heavy (non-hydrogen) atoms.